The highest BCUT2D eigenvalue weighted by Crippen LogP contribution is 2.42. The quantitative estimate of drug-likeness (QED) is 0.431. The first kappa shape index (κ1) is 16.9. The van der Waals surface area contributed by atoms with Crippen molar-refractivity contribution in [2.24, 2.45) is 5.41 Å². The third kappa shape index (κ3) is 4.62. The van der Waals surface area contributed by atoms with Gasteiger partial charge in [-0.25, -0.2) is 0 Å². The van der Waals surface area contributed by atoms with Crippen LogP contribution in [0.4, 0.5) is 26.3 Å². The summed E-state index contributed by atoms with van der Waals surface area (Å²) in [7, 11) is 0. The van der Waals surface area contributed by atoms with Gasteiger partial charge >= 0.3 is 12.4 Å². The molecule has 0 bridgehead atoms. The first-order valence-corrected chi connectivity index (χ1v) is 4.92. The highest BCUT2D eigenvalue weighted by atomic mass is 19.4. The predicted molar refractivity (Wildman–Crippen MR) is 55.0 cm³/mol. The number of rotatable bonds is 2. The fourth-order valence-corrected chi connectivity index (χ4v) is 1.04. The third-order valence-corrected chi connectivity index (χ3v) is 2.30. The SMILES string of the molecule is C=C(CC(O)=C(C(F)(F)F)C(F)(F)F)C(C)(C)C. The van der Waals surface area contributed by atoms with E-state index in [0.29, 0.717) is 0 Å². The monoisotopic (exact) mass is 276 g/mol. The lowest BCUT2D eigenvalue weighted by molar-refractivity contribution is -0.175. The molecule has 0 spiro atoms. The standard InChI is InChI=1S/C11H14F6O/c1-6(9(2,3)4)5-7(18)8(10(12,13)14)11(15,16)17/h18H,1,5H2,2-4H3. The zero-order chi connectivity index (χ0) is 14.9. The largest absolute Gasteiger partial charge is 0.511 e. The molecule has 1 N–H and O–H groups in total. The van der Waals surface area contributed by atoms with Crippen LogP contribution in [0.2, 0.25) is 0 Å². The second-order valence-corrected chi connectivity index (χ2v) is 4.85. The fraction of sp³-hybridized carbons (Fsp3) is 0.636. The molecular weight excluding hydrogens is 262 g/mol. The molecular formula is C11H14F6O. The van der Waals surface area contributed by atoms with Gasteiger partial charge in [0, 0.05) is 6.42 Å². The van der Waals surface area contributed by atoms with Crippen molar-refractivity contribution in [3.8, 4) is 0 Å². The third-order valence-electron chi connectivity index (χ3n) is 2.30. The Labute approximate surface area is 101 Å². The van der Waals surface area contributed by atoms with Crippen molar-refractivity contribution in [3.63, 3.8) is 0 Å². The maximum atomic E-state index is 12.2. The van der Waals surface area contributed by atoms with E-state index in [-0.39, 0.29) is 5.57 Å². The van der Waals surface area contributed by atoms with Crippen LogP contribution in [0, 0.1) is 5.41 Å². The summed E-state index contributed by atoms with van der Waals surface area (Å²) in [5, 5.41) is 9.09. The van der Waals surface area contributed by atoms with Gasteiger partial charge in [-0.1, -0.05) is 32.9 Å². The molecule has 0 aromatic carbocycles. The van der Waals surface area contributed by atoms with E-state index in [1.807, 2.05) is 0 Å². The Hall–Kier alpha value is -1.14. The maximum absolute atomic E-state index is 12.2. The van der Waals surface area contributed by atoms with Gasteiger partial charge in [0.15, 0.2) is 5.57 Å². The molecule has 106 valence electrons. The normalized spacial score (nSPS) is 13.4. The molecule has 0 amide bonds. The van der Waals surface area contributed by atoms with Crippen molar-refractivity contribution < 1.29 is 31.4 Å². The summed E-state index contributed by atoms with van der Waals surface area (Å²) in [5.41, 5.74) is -3.50. The summed E-state index contributed by atoms with van der Waals surface area (Å²) >= 11 is 0. The molecule has 0 aliphatic rings. The molecule has 0 saturated carbocycles. The molecule has 0 aromatic rings. The Bertz CT molecular complexity index is 337. The van der Waals surface area contributed by atoms with Crippen molar-refractivity contribution >= 4 is 0 Å². The van der Waals surface area contributed by atoms with Gasteiger partial charge in [-0.2, -0.15) is 26.3 Å². The summed E-state index contributed by atoms with van der Waals surface area (Å²) in [6, 6.07) is 0. The molecule has 7 heteroatoms. The lowest BCUT2D eigenvalue weighted by Crippen LogP contribution is -2.28. The molecule has 0 saturated heterocycles. The number of aliphatic hydroxyl groups is 1. The molecule has 0 fully saturated rings. The molecule has 0 unspecified atom stereocenters. The maximum Gasteiger partial charge on any atom is 0.424 e. The van der Waals surface area contributed by atoms with Crippen LogP contribution in [0.5, 0.6) is 0 Å². The average molecular weight is 276 g/mol. The number of aliphatic hydroxyl groups excluding tert-OH is 1. The van der Waals surface area contributed by atoms with Crippen LogP contribution in [-0.2, 0) is 0 Å². The Kier molecular flexibility index (Phi) is 4.55. The number of hydrogen-bond acceptors (Lipinski definition) is 1. The van der Waals surface area contributed by atoms with Gasteiger partial charge in [0.25, 0.3) is 0 Å². The van der Waals surface area contributed by atoms with Crippen LogP contribution >= 0.6 is 0 Å². The van der Waals surface area contributed by atoms with Crippen LogP contribution in [-0.4, -0.2) is 17.5 Å². The number of hydrogen-bond donors (Lipinski definition) is 1. The lowest BCUT2D eigenvalue weighted by atomic mass is 9.85. The van der Waals surface area contributed by atoms with Crippen molar-refractivity contribution in [1.29, 1.82) is 0 Å². The molecule has 0 rings (SSSR count). The zero-order valence-corrected chi connectivity index (χ0v) is 10.1. The van der Waals surface area contributed by atoms with E-state index in [9.17, 15) is 26.3 Å². The fourth-order valence-electron chi connectivity index (χ4n) is 1.04. The summed E-state index contributed by atoms with van der Waals surface area (Å²) in [4.78, 5) is 0. The molecule has 1 nitrogen and oxygen atoms in total. The first-order chi connectivity index (χ1) is 7.67. The van der Waals surface area contributed by atoms with Gasteiger partial charge in [0.05, 0.1) is 0 Å². The summed E-state index contributed by atoms with van der Waals surface area (Å²) in [6.45, 7) is 8.10. The van der Waals surface area contributed by atoms with Gasteiger partial charge in [0.1, 0.15) is 5.76 Å². The number of halogens is 6. The van der Waals surface area contributed by atoms with Crippen molar-refractivity contribution in [2.75, 3.05) is 0 Å². The van der Waals surface area contributed by atoms with Gasteiger partial charge in [-0.15, -0.1) is 0 Å². The van der Waals surface area contributed by atoms with E-state index in [0.717, 1.165) is 0 Å². The van der Waals surface area contributed by atoms with Gasteiger partial charge in [-0.3, -0.25) is 0 Å². The molecule has 0 atom stereocenters. The lowest BCUT2D eigenvalue weighted by Gasteiger charge is -2.23. The Morgan fingerprint density at radius 2 is 1.28 bits per heavy atom. The van der Waals surface area contributed by atoms with Crippen molar-refractivity contribution in [3.05, 3.63) is 23.5 Å². The van der Waals surface area contributed by atoms with Crippen LogP contribution in [0.15, 0.2) is 23.5 Å². The van der Waals surface area contributed by atoms with Crippen molar-refractivity contribution in [1.82, 2.24) is 0 Å². The van der Waals surface area contributed by atoms with Crippen molar-refractivity contribution in [2.45, 2.75) is 39.5 Å². The molecule has 0 aliphatic heterocycles. The molecule has 0 heterocycles. The van der Waals surface area contributed by atoms with Gasteiger partial charge in [-0.05, 0) is 5.41 Å². The van der Waals surface area contributed by atoms with E-state index in [1.165, 1.54) is 0 Å². The van der Waals surface area contributed by atoms with Crippen LogP contribution in [0.25, 0.3) is 0 Å². The van der Waals surface area contributed by atoms with E-state index in [4.69, 9.17) is 5.11 Å². The van der Waals surface area contributed by atoms with Gasteiger partial charge in [0.2, 0.25) is 0 Å². The molecule has 18 heavy (non-hydrogen) atoms. The second-order valence-electron chi connectivity index (χ2n) is 4.85. The highest BCUT2D eigenvalue weighted by molar-refractivity contribution is 5.24. The minimum absolute atomic E-state index is 0.0750. The minimum Gasteiger partial charge on any atom is -0.511 e. The first-order valence-electron chi connectivity index (χ1n) is 4.92. The number of allylic oxidation sites excluding steroid dienone is 2. The summed E-state index contributed by atoms with van der Waals surface area (Å²) in [5.74, 6) is -1.75. The highest BCUT2D eigenvalue weighted by Gasteiger charge is 2.53. The van der Waals surface area contributed by atoms with E-state index >= 15 is 0 Å². The van der Waals surface area contributed by atoms with Gasteiger partial charge < -0.3 is 5.11 Å². The summed E-state index contributed by atoms with van der Waals surface area (Å²) in [6.07, 6.45) is -12.2. The van der Waals surface area contributed by atoms with Crippen LogP contribution in [0.3, 0.4) is 0 Å². The Morgan fingerprint density at radius 3 is 1.50 bits per heavy atom. The number of alkyl halides is 6. The molecule has 0 radical (unpaired) electrons. The minimum atomic E-state index is -5.65. The van der Waals surface area contributed by atoms with Crippen LogP contribution < -0.4 is 0 Å². The average Bonchev–Trinajstić information content (AvgIpc) is 1.94. The predicted octanol–water partition coefficient (Wildman–Crippen LogP) is 4.92. The Morgan fingerprint density at radius 1 is 0.944 bits per heavy atom. The topological polar surface area (TPSA) is 20.2 Å². The molecule has 0 aromatic heterocycles. The van der Waals surface area contributed by atoms with E-state index in [1.54, 1.807) is 20.8 Å². The summed E-state index contributed by atoms with van der Waals surface area (Å²) < 4.78 is 73.5. The zero-order valence-electron chi connectivity index (χ0n) is 10.1. The molecule has 0 aliphatic carbocycles. The van der Waals surface area contributed by atoms with Crippen LogP contribution in [0.1, 0.15) is 27.2 Å². The second kappa shape index (κ2) is 4.85. The van der Waals surface area contributed by atoms with E-state index in [2.05, 4.69) is 6.58 Å². The smallest absolute Gasteiger partial charge is 0.424 e. The Balaban J connectivity index is 5.47. The van der Waals surface area contributed by atoms with E-state index < -0.39 is 35.5 Å².